The maximum atomic E-state index is 12.0. The minimum absolute atomic E-state index is 0.167. The molecule has 0 aliphatic heterocycles. The maximum absolute atomic E-state index is 12.0. The number of benzene rings is 1. The number of rotatable bonds is 6. The van der Waals surface area contributed by atoms with Gasteiger partial charge in [-0.05, 0) is 49.3 Å². The predicted molar refractivity (Wildman–Crippen MR) is 81.5 cm³/mol. The van der Waals surface area contributed by atoms with Crippen LogP contribution in [-0.4, -0.2) is 11.9 Å². The summed E-state index contributed by atoms with van der Waals surface area (Å²) in [5.74, 6) is 0.776. The molecule has 0 saturated heterocycles. The molecule has 0 atom stereocenters. The molecule has 0 aromatic heterocycles. The quantitative estimate of drug-likeness (QED) is 0.832. The highest BCUT2D eigenvalue weighted by Gasteiger charge is 2.20. The molecule has 0 radical (unpaired) electrons. The van der Waals surface area contributed by atoms with E-state index in [9.17, 15) is 4.79 Å². The van der Waals surface area contributed by atoms with E-state index in [-0.39, 0.29) is 5.91 Å². The summed E-state index contributed by atoms with van der Waals surface area (Å²) in [4.78, 5) is 12.0. The number of carbonyl (C=O) groups is 1. The van der Waals surface area contributed by atoms with Gasteiger partial charge in [-0.1, -0.05) is 25.0 Å². The van der Waals surface area contributed by atoms with E-state index in [2.05, 4.69) is 22.8 Å². The average molecular weight is 272 g/mol. The van der Waals surface area contributed by atoms with Crippen LogP contribution < -0.4 is 10.6 Å². The predicted octanol–water partition coefficient (Wildman–Crippen LogP) is 3.46. The van der Waals surface area contributed by atoms with Gasteiger partial charge in [-0.3, -0.25) is 4.79 Å². The van der Waals surface area contributed by atoms with Crippen molar-refractivity contribution in [2.24, 2.45) is 5.92 Å². The molecule has 1 amide bonds. The van der Waals surface area contributed by atoms with Crippen molar-refractivity contribution >= 4 is 11.6 Å². The molecule has 2 N–H and O–H groups in total. The molecule has 3 rings (SSSR count). The molecule has 1 aromatic carbocycles. The standard InChI is InChI=1S/C17H24N2O/c20-17(11-13-3-1-2-4-13)19-16-7-5-14(6-8-16)12-18-15-9-10-15/h5-8,13,15,18H,1-4,9-12H2,(H,19,20). The molecule has 0 heterocycles. The van der Waals surface area contributed by atoms with E-state index in [4.69, 9.17) is 0 Å². The number of anilines is 1. The molecule has 1 aromatic rings. The Labute approximate surface area is 121 Å². The van der Waals surface area contributed by atoms with Crippen LogP contribution in [0, 0.1) is 5.92 Å². The van der Waals surface area contributed by atoms with Gasteiger partial charge in [0.25, 0.3) is 0 Å². The second kappa shape index (κ2) is 6.40. The van der Waals surface area contributed by atoms with E-state index in [1.54, 1.807) is 0 Å². The fourth-order valence-corrected chi connectivity index (χ4v) is 2.94. The molecular weight excluding hydrogens is 248 g/mol. The summed E-state index contributed by atoms with van der Waals surface area (Å²) in [5.41, 5.74) is 2.20. The van der Waals surface area contributed by atoms with Crippen molar-refractivity contribution in [2.75, 3.05) is 5.32 Å². The zero-order valence-corrected chi connectivity index (χ0v) is 12.0. The Bertz CT molecular complexity index is 445. The van der Waals surface area contributed by atoms with Crippen LogP contribution in [0.15, 0.2) is 24.3 Å². The first-order valence-corrected chi connectivity index (χ1v) is 7.92. The lowest BCUT2D eigenvalue weighted by atomic mass is 10.0. The average Bonchev–Trinajstić information content (AvgIpc) is 3.14. The van der Waals surface area contributed by atoms with Gasteiger partial charge in [-0.15, -0.1) is 0 Å². The Hall–Kier alpha value is -1.35. The summed E-state index contributed by atoms with van der Waals surface area (Å²) < 4.78 is 0. The number of amides is 1. The van der Waals surface area contributed by atoms with Crippen molar-refractivity contribution in [3.63, 3.8) is 0 Å². The van der Waals surface area contributed by atoms with Crippen molar-refractivity contribution in [3.8, 4) is 0 Å². The van der Waals surface area contributed by atoms with Gasteiger partial charge in [0.2, 0.25) is 5.91 Å². The van der Waals surface area contributed by atoms with Gasteiger partial charge < -0.3 is 10.6 Å². The molecular formula is C17H24N2O. The van der Waals surface area contributed by atoms with Gasteiger partial charge in [0.1, 0.15) is 0 Å². The van der Waals surface area contributed by atoms with Crippen molar-refractivity contribution in [3.05, 3.63) is 29.8 Å². The first-order valence-electron chi connectivity index (χ1n) is 7.92. The number of hydrogen-bond acceptors (Lipinski definition) is 2. The molecule has 0 unspecified atom stereocenters. The SMILES string of the molecule is O=C(CC1CCCC1)Nc1ccc(CNC2CC2)cc1. The lowest BCUT2D eigenvalue weighted by Crippen LogP contribution is -2.16. The van der Waals surface area contributed by atoms with Gasteiger partial charge >= 0.3 is 0 Å². The van der Waals surface area contributed by atoms with Crippen LogP contribution in [0.25, 0.3) is 0 Å². The highest BCUT2D eigenvalue weighted by Crippen LogP contribution is 2.27. The topological polar surface area (TPSA) is 41.1 Å². The normalized spacial score (nSPS) is 19.2. The monoisotopic (exact) mass is 272 g/mol. The largest absolute Gasteiger partial charge is 0.326 e. The van der Waals surface area contributed by atoms with Crippen molar-refractivity contribution in [2.45, 2.75) is 57.5 Å². The first kappa shape index (κ1) is 13.6. The molecule has 108 valence electrons. The summed E-state index contributed by atoms with van der Waals surface area (Å²) in [7, 11) is 0. The number of hydrogen-bond donors (Lipinski definition) is 2. The Morgan fingerprint density at radius 1 is 1.05 bits per heavy atom. The van der Waals surface area contributed by atoms with E-state index in [1.165, 1.54) is 44.1 Å². The second-order valence-electron chi connectivity index (χ2n) is 6.25. The Kier molecular flexibility index (Phi) is 4.36. The van der Waals surface area contributed by atoms with E-state index in [1.807, 2.05) is 12.1 Å². The number of nitrogens with one attached hydrogen (secondary N) is 2. The zero-order valence-electron chi connectivity index (χ0n) is 12.0. The number of carbonyl (C=O) groups excluding carboxylic acids is 1. The lowest BCUT2D eigenvalue weighted by molar-refractivity contribution is -0.117. The third-order valence-electron chi connectivity index (χ3n) is 4.36. The van der Waals surface area contributed by atoms with Crippen molar-refractivity contribution < 1.29 is 4.79 Å². The minimum atomic E-state index is 0.167. The summed E-state index contributed by atoms with van der Waals surface area (Å²) in [6.07, 6.45) is 8.34. The molecule has 0 bridgehead atoms. The summed E-state index contributed by atoms with van der Waals surface area (Å²) in [6, 6.07) is 8.95. The molecule has 3 heteroatoms. The Morgan fingerprint density at radius 2 is 1.75 bits per heavy atom. The third kappa shape index (κ3) is 4.07. The van der Waals surface area contributed by atoms with E-state index in [0.717, 1.165) is 18.3 Å². The van der Waals surface area contributed by atoms with Crippen LogP contribution in [0.4, 0.5) is 5.69 Å². The highest BCUT2D eigenvalue weighted by molar-refractivity contribution is 5.90. The van der Waals surface area contributed by atoms with E-state index < -0.39 is 0 Å². The molecule has 2 aliphatic rings. The maximum Gasteiger partial charge on any atom is 0.224 e. The first-order chi connectivity index (χ1) is 9.79. The minimum Gasteiger partial charge on any atom is -0.326 e. The van der Waals surface area contributed by atoms with Crippen LogP contribution in [-0.2, 0) is 11.3 Å². The fourth-order valence-electron chi connectivity index (χ4n) is 2.94. The Morgan fingerprint density at radius 3 is 2.40 bits per heavy atom. The van der Waals surface area contributed by atoms with Crippen LogP contribution >= 0.6 is 0 Å². The van der Waals surface area contributed by atoms with E-state index in [0.29, 0.717) is 12.3 Å². The van der Waals surface area contributed by atoms with Gasteiger partial charge in [-0.2, -0.15) is 0 Å². The van der Waals surface area contributed by atoms with Crippen molar-refractivity contribution in [1.29, 1.82) is 0 Å². The summed E-state index contributed by atoms with van der Waals surface area (Å²) in [6.45, 7) is 0.932. The van der Waals surface area contributed by atoms with Gasteiger partial charge in [0.05, 0.1) is 0 Å². The van der Waals surface area contributed by atoms with Crippen molar-refractivity contribution in [1.82, 2.24) is 5.32 Å². The van der Waals surface area contributed by atoms with Crippen LogP contribution in [0.2, 0.25) is 0 Å². The fraction of sp³-hybridized carbons (Fsp3) is 0.588. The molecule has 0 spiro atoms. The molecule has 3 nitrogen and oxygen atoms in total. The van der Waals surface area contributed by atoms with Crippen LogP contribution in [0.5, 0.6) is 0 Å². The zero-order chi connectivity index (χ0) is 13.8. The van der Waals surface area contributed by atoms with Crippen LogP contribution in [0.1, 0.15) is 50.5 Å². The second-order valence-corrected chi connectivity index (χ2v) is 6.25. The van der Waals surface area contributed by atoms with Gasteiger partial charge in [0, 0.05) is 24.7 Å². The molecule has 2 fully saturated rings. The van der Waals surface area contributed by atoms with Crippen LogP contribution in [0.3, 0.4) is 0 Å². The van der Waals surface area contributed by atoms with Gasteiger partial charge in [0.15, 0.2) is 0 Å². The van der Waals surface area contributed by atoms with E-state index >= 15 is 0 Å². The smallest absolute Gasteiger partial charge is 0.224 e. The molecule has 2 aliphatic carbocycles. The Balaban J connectivity index is 1.45. The molecule has 2 saturated carbocycles. The summed E-state index contributed by atoms with van der Waals surface area (Å²) >= 11 is 0. The third-order valence-corrected chi connectivity index (χ3v) is 4.36. The van der Waals surface area contributed by atoms with Gasteiger partial charge in [-0.25, -0.2) is 0 Å². The molecule has 20 heavy (non-hydrogen) atoms. The summed E-state index contributed by atoms with van der Waals surface area (Å²) in [5, 5.41) is 6.51. The lowest BCUT2D eigenvalue weighted by Gasteiger charge is -2.10. The highest BCUT2D eigenvalue weighted by atomic mass is 16.1.